The Hall–Kier alpha value is -0.700. The molecule has 0 bridgehead atoms. The van der Waals surface area contributed by atoms with Gasteiger partial charge in [-0.15, -0.1) is 0 Å². The van der Waals surface area contributed by atoms with Crippen LogP contribution in [0.3, 0.4) is 0 Å². The number of nitrogens with one attached hydrogen (secondary N) is 1. The number of carbonyl (C=O) groups excluding carboxylic acids is 1. The second kappa shape index (κ2) is 25.3. The second-order valence-electron chi connectivity index (χ2n) is 11.2. The molecular formula is C30H61NO6S. The van der Waals surface area contributed by atoms with Crippen LogP contribution in [-0.2, 0) is 14.9 Å². The highest BCUT2D eigenvalue weighted by Gasteiger charge is 2.28. The topological polar surface area (TPSA) is 124 Å². The van der Waals surface area contributed by atoms with Crippen molar-refractivity contribution in [3.05, 3.63) is 0 Å². The Morgan fingerprint density at radius 3 is 1.32 bits per heavy atom. The molecule has 8 heteroatoms. The molecule has 0 aliphatic carbocycles. The Kier molecular flexibility index (Phi) is 24.8. The lowest BCUT2D eigenvalue weighted by molar-refractivity contribution is -0.131. The predicted octanol–water partition coefficient (Wildman–Crippen LogP) is 7.09. The molecule has 7 nitrogen and oxygen atoms in total. The van der Waals surface area contributed by atoms with Crippen molar-refractivity contribution in [3.8, 4) is 0 Å². The minimum Gasteiger partial charge on any atom is -0.391 e. The molecule has 0 aromatic rings. The number of rotatable bonds is 28. The van der Waals surface area contributed by atoms with Crippen LogP contribution < -0.4 is 5.32 Å². The van der Waals surface area contributed by atoms with E-state index in [1.165, 1.54) is 89.9 Å². The van der Waals surface area contributed by atoms with Crippen LogP contribution in [0.5, 0.6) is 0 Å². The van der Waals surface area contributed by atoms with Gasteiger partial charge in [-0.3, -0.25) is 9.35 Å². The summed E-state index contributed by atoms with van der Waals surface area (Å²) >= 11 is 0. The molecule has 0 aliphatic heterocycles. The molecule has 0 radical (unpaired) electrons. The quantitative estimate of drug-likeness (QED) is 0.0595. The third-order valence-corrected chi connectivity index (χ3v) is 8.20. The summed E-state index contributed by atoms with van der Waals surface area (Å²) in [6.07, 6.45) is 22.9. The molecular weight excluding hydrogens is 502 g/mol. The summed E-state index contributed by atoms with van der Waals surface area (Å²) in [5.74, 6) is -1.45. The second-order valence-corrected chi connectivity index (χ2v) is 12.7. The van der Waals surface area contributed by atoms with E-state index in [4.69, 9.17) is 0 Å². The molecule has 3 unspecified atom stereocenters. The number of hydrogen-bond donors (Lipinski definition) is 4. The fourth-order valence-corrected chi connectivity index (χ4v) is 5.69. The van der Waals surface area contributed by atoms with E-state index in [1.54, 1.807) is 0 Å². The van der Waals surface area contributed by atoms with E-state index in [-0.39, 0.29) is 0 Å². The SMILES string of the molecule is CCCCCCCCCCCCCCCCC(O)C(=O)NC(CS(=O)(=O)O)C(O)CCCCCCCCC. The monoisotopic (exact) mass is 563 g/mol. The standard InChI is InChI=1S/C30H61NO6S/c1-3-5-7-9-11-12-13-14-15-16-17-19-21-23-25-29(33)30(34)31-27(26-38(35,36)37)28(32)24-22-20-18-10-8-6-4-2/h27-29,32-33H,3-26H2,1-2H3,(H,31,34)(H,35,36,37). The Morgan fingerprint density at radius 1 is 0.605 bits per heavy atom. The first kappa shape index (κ1) is 37.3. The van der Waals surface area contributed by atoms with E-state index in [9.17, 15) is 28.0 Å². The smallest absolute Gasteiger partial charge is 0.266 e. The average Bonchev–Trinajstić information content (AvgIpc) is 2.86. The fourth-order valence-electron chi connectivity index (χ4n) is 4.93. The van der Waals surface area contributed by atoms with E-state index >= 15 is 0 Å². The Bertz CT molecular complexity index is 643. The van der Waals surface area contributed by atoms with Gasteiger partial charge in [-0.25, -0.2) is 0 Å². The summed E-state index contributed by atoms with van der Waals surface area (Å²) in [7, 11) is -4.38. The first-order valence-electron chi connectivity index (χ1n) is 15.8. The van der Waals surface area contributed by atoms with Gasteiger partial charge in [-0.1, -0.05) is 149 Å². The lowest BCUT2D eigenvalue weighted by atomic mass is 10.0. The highest BCUT2D eigenvalue weighted by molar-refractivity contribution is 7.85. The van der Waals surface area contributed by atoms with E-state index < -0.39 is 40.0 Å². The number of amides is 1. The van der Waals surface area contributed by atoms with Gasteiger partial charge in [0.1, 0.15) is 6.10 Å². The normalized spacial score (nSPS) is 14.3. The van der Waals surface area contributed by atoms with Crippen molar-refractivity contribution >= 4 is 16.0 Å². The van der Waals surface area contributed by atoms with E-state index in [1.807, 2.05) is 0 Å². The van der Waals surface area contributed by atoms with Crippen LogP contribution >= 0.6 is 0 Å². The van der Waals surface area contributed by atoms with Gasteiger partial charge in [0.2, 0.25) is 5.91 Å². The van der Waals surface area contributed by atoms with Crippen molar-refractivity contribution in [3.63, 3.8) is 0 Å². The van der Waals surface area contributed by atoms with Gasteiger partial charge in [0.15, 0.2) is 0 Å². The summed E-state index contributed by atoms with van der Waals surface area (Å²) in [6, 6.07) is -1.14. The Balaban J connectivity index is 4.05. The lowest BCUT2D eigenvalue weighted by Gasteiger charge is -2.24. The summed E-state index contributed by atoms with van der Waals surface area (Å²) in [5, 5.41) is 23.2. The summed E-state index contributed by atoms with van der Waals surface area (Å²) < 4.78 is 32.1. The van der Waals surface area contributed by atoms with Gasteiger partial charge in [0.05, 0.1) is 17.9 Å². The number of unbranched alkanes of at least 4 members (excludes halogenated alkanes) is 19. The van der Waals surface area contributed by atoms with Crippen molar-refractivity contribution < 1.29 is 28.0 Å². The number of hydrogen-bond acceptors (Lipinski definition) is 5. The maximum Gasteiger partial charge on any atom is 0.266 e. The minimum atomic E-state index is -4.38. The zero-order valence-electron chi connectivity index (χ0n) is 24.7. The van der Waals surface area contributed by atoms with Crippen LogP contribution in [0.1, 0.15) is 162 Å². The largest absolute Gasteiger partial charge is 0.391 e. The highest BCUT2D eigenvalue weighted by atomic mass is 32.2. The van der Waals surface area contributed by atoms with Crippen LogP contribution in [0.2, 0.25) is 0 Å². The predicted molar refractivity (Wildman–Crippen MR) is 158 cm³/mol. The first-order chi connectivity index (χ1) is 18.2. The molecule has 0 spiro atoms. The molecule has 0 aromatic heterocycles. The highest BCUT2D eigenvalue weighted by Crippen LogP contribution is 2.15. The molecule has 228 valence electrons. The maximum atomic E-state index is 12.4. The zero-order valence-corrected chi connectivity index (χ0v) is 25.5. The first-order valence-corrected chi connectivity index (χ1v) is 17.4. The number of carbonyl (C=O) groups is 1. The third kappa shape index (κ3) is 24.3. The maximum absolute atomic E-state index is 12.4. The van der Waals surface area contributed by atoms with Gasteiger partial charge < -0.3 is 15.5 Å². The lowest BCUT2D eigenvalue weighted by Crippen LogP contribution is -2.50. The van der Waals surface area contributed by atoms with E-state index in [2.05, 4.69) is 19.2 Å². The van der Waals surface area contributed by atoms with Crippen molar-refractivity contribution in [2.75, 3.05) is 5.75 Å². The number of aliphatic hydroxyl groups excluding tert-OH is 2. The van der Waals surface area contributed by atoms with Crippen LogP contribution in [0.25, 0.3) is 0 Å². The molecule has 1 amide bonds. The summed E-state index contributed by atoms with van der Waals surface area (Å²) in [4.78, 5) is 12.4. The molecule has 0 aromatic carbocycles. The summed E-state index contributed by atoms with van der Waals surface area (Å²) in [6.45, 7) is 4.41. The molecule has 3 atom stereocenters. The molecule has 0 aliphatic rings. The Morgan fingerprint density at radius 2 is 0.947 bits per heavy atom. The third-order valence-electron chi connectivity index (χ3n) is 7.42. The van der Waals surface area contributed by atoms with Crippen molar-refractivity contribution in [2.45, 2.75) is 180 Å². The molecule has 38 heavy (non-hydrogen) atoms. The van der Waals surface area contributed by atoms with Gasteiger partial charge in [-0.2, -0.15) is 8.42 Å². The molecule has 0 saturated heterocycles. The van der Waals surface area contributed by atoms with E-state index in [0.29, 0.717) is 19.3 Å². The van der Waals surface area contributed by atoms with Crippen molar-refractivity contribution in [1.29, 1.82) is 0 Å². The summed E-state index contributed by atoms with van der Waals surface area (Å²) in [5.41, 5.74) is 0. The molecule has 4 N–H and O–H groups in total. The van der Waals surface area contributed by atoms with Crippen LogP contribution in [-0.4, -0.2) is 53.1 Å². The van der Waals surface area contributed by atoms with Gasteiger partial charge in [0, 0.05) is 0 Å². The molecule has 0 fully saturated rings. The molecule has 0 rings (SSSR count). The number of aliphatic hydroxyl groups is 2. The molecule has 0 saturated carbocycles. The van der Waals surface area contributed by atoms with Crippen LogP contribution in [0.15, 0.2) is 0 Å². The van der Waals surface area contributed by atoms with Gasteiger partial charge in [-0.05, 0) is 12.8 Å². The van der Waals surface area contributed by atoms with Crippen molar-refractivity contribution in [2.24, 2.45) is 0 Å². The fraction of sp³-hybridized carbons (Fsp3) is 0.967. The molecule has 0 heterocycles. The minimum absolute atomic E-state index is 0.302. The van der Waals surface area contributed by atoms with Gasteiger partial charge in [0.25, 0.3) is 10.1 Å². The Labute approximate surface area is 234 Å². The average molecular weight is 564 g/mol. The van der Waals surface area contributed by atoms with E-state index in [0.717, 1.165) is 38.5 Å². The van der Waals surface area contributed by atoms with Crippen LogP contribution in [0, 0.1) is 0 Å². The van der Waals surface area contributed by atoms with Crippen molar-refractivity contribution in [1.82, 2.24) is 5.32 Å². The van der Waals surface area contributed by atoms with Gasteiger partial charge >= 0.3 is 0 Å². The zero-order chi connectivity index (χ0) is 28.5. The van der Waals surface area contributed by atoms with Crippen LogP contribution in [0.4, 0.5) is 0 Å².